The lowest BCUT2D eigenvalue weighted by Gasteiger charge is -2.12. The summed E-state index contributed by atoms with van der Waals surface area (Å²) in [6, 6.07) is 10.4. The molecule has 3 rings (SSSR count). The number of hydrogen-bond acceptors (Lipinski definition) is 2. The lowest BCUT2D eigenvalue weighted by molar-refractivity contribution is 0.134. The summed E-state index contributed by atoms with van der Waals surface area (Å²) >= 11 is 0. The van der Waals surface area contributed by atoms with Crippen LogP contribution >= 0.6 is 0 Å². The normalized spacial score (nSPS) is 13.1. The molecule has 19 heavy (non-hydrogen) atoms. The molecule has 0 aliphatic carbocycles. The first-order valence-corrected chi connectivity index (χ1v) is 6.10. The van der Waals surface area contributed by atoms with E-state index in [1.807, 2.05) is 13.0 Å². The third-order valence-electron chi connectivity index (χ3n) is 3.56. The molecule has 1 heterocycles. The van der Waals surface area contributed by atoms with Gasteiger partial charge < -0.3 is 4.74 Å². The van der Waals surface area contributed by atoms with Crippen LogP contribution in [0, 0.1) is 24.1 Å². The largest absolute Gasteiger partial charge is 0.372 e. The summed E-state index contributed by atoms with van der Waals surface area (Å²) in [6.45, 7) is 3.14. The van der Waals surface area contributed by atoms with Gasteiger partial charge in [-0.25, -0.2) is 4.39 Å². The molecule has 1 aliphatic heterocycles. The van der Waals surface area contributed by atoms with E-state index in [0.717, 1.165) is 27.8 Å². The topological polar surface area (TPSA) is 33.0 Å². The van der Waals surface area contributed by atoms with Crippen LogP contribution < -0.4 is 0 Å². The Morgan fingerprint density at radius 3 is 2.63 bits per heavy atom. The predicted octanol–water partition coefficient (Wildman–Crippen LogP) is 3.70. The van der Waals surface area contributed by atoms with Crippen molar-refractivity contribution in [1.29, 1.82) is 5.26 Å². The predicted molar refractivity (Wildman–Crippen MR) is 69.8 cm³/mol. The van der Waals surface area contributed by atoms with Gasteiger partial charge in [-0.15, -0.1) is 0 Å². The number of halogens is 1. The van der Waals surface area contributed by atoms with Gasteiger partial charge in [0.2, 0.25) is 0 Å². The molecular formula is C16H12FNO. The quantitative estimate of drug-likeness (QED) is 0.776. The highest BCUT2D eigenvalue weighted by atomic mass is 19.1. The van der Waals surface area contributed by atoms with Gasteiger partial charge >= 0.3 is 0 Å². The molecule has 1 aliphatic rings. The van der Waals surface area contributed by atoms with Crippen LogP contribution in [0.5, 0.6) is 0 Å². The van der Waals surface area contributed by atoms with Crippen LogP contribution in [0.4, 0.5) is 4.39 Å². The second kappa shape index (κ2) is 4.49. The van der Waals surface area contributed by atoms with E-state index < -0.39 is 0 Å². The molecule has 0 saturated carbocycles. The Kier molecular flexibility index (Phi) is 2.81. The zero-order valence-electron chi connectivity index (χ0n) is 10.5. The zero-order valence-corrected chi connectivity index (χ0v) is 10.5. The SMILES string of the molecule is Cc1c2c(cc(C#N)c1-c1ccc(F)cc1)COC2. The fourth-order valence-corrected chi connectivity index (χ4v) is 2.60. The molecule has 2 aromatic rings. The summed E-state index contributed by atoms with van der Waals surface area (Å²) in [4.78, 5) is 0. The molecule has 0 amide bonds. The smallest absolute Gasteiger partial charge is 0.123 e. The lowest BCUT2D eigenvalue weighted by Crippen LogP contribution is -1.96. The van der Waals surface area contributed by atoms with Crippen LogP contribution in [0.1, 0.15) is 22.3 Å². The van der Waals surface area contributed by atoms with E-state index in [0.29, 0.717) is 18.8 Å². The minimum Gasteiger partial charge on any atom is -0.372 e. The van der Waals surface area contributed by atoms with Crippen LogP contribution in [0.25, 0.3) is 11.1 Å². The third-order valence-corrected chi connectivity index (χ3v) is 3.56. The summed E-state index contributed by atoms with van der Waals surface area (Å²) in [5.41, 5.74) is 5.65. The number of fused-ring (bicyclic) bond motifs is 1. The highest BCUT2D eigenvalue weighted by molar-refractivity contribution is 5.76. The molecule has 3 heteroatoms. The monoisotopic (exact) mass is 253 g/mol. The molecule has 0 bridgehead atoms. The summed E-state index contributed by atoms with van der Waals surface area (Å²) in [5.74, 6) is -0.274. The molecule has 0 atom stereocenters. The van der Waals surface area contributed by atoms with Crippen LogP contribution in [-0.2, 0) is 18.0 Å². The molecule has 0 N–H and O–H groups in total. The van der Waals surface area contributed by atoms with Gasteiger partial charge in [0.25, 0.3) is 0 Å². The van der Waals surface area contributed by atoms with Crippen molar-refractivity contribution in [2.75, 3.05) is 0 Å². The Morgan fingerprint density at radius 2 is 1.95 bits per heavy atom. The van der Waals surface area contributed by atoms with Crippen molar-refractivity contribution >= 4 is 0 Å². The summed E-state index contributed by atoms with van der Waals surface area (Å²) in [7, 11) is 0. The Hall–Kier alpha value is -2.18. The van der Waals surface area contributed by atoms with Gasteiger partial charge in [-0.3, -0.25) is 0 Å². The number of nitrogens with zero attached hydrogens (tertiary/aromatic N) is 1. The minimum atomic E-state index is -0.274. The van der Waals surface area contributed by atoms with Crippen LogP contribution in [0.3, 0.4) is 0 Å². The Bertz CT molecular complexity index is 683. The van der Waals surface area contributed by atoms with E-state index in [4.69, 9.17) is 4.74 Å². The molecule has 0 saturated heterocycles. The van der Waals surface area contributed by atoms with E-state index >= 15 is 0 Å². The van der Waals surface area contributed by atoms with Gasteiger partial charge in [-0.1, -0.05) is 12.1 Å². The molecule has 0 aromatic heterocycles. The molecule has 0 unspecified atom stereocenters. The van der Waals surface area contributed by atoms with Gasteiger partial charge in [-0.05, 0) is 47.4 Å². The van der Waals surface area contributed by atoms with Crippen molar-refractivity contribution in [3.05, 3.63) is 58.4 Å². The Labute approximate surface area is 111 Å². The fourth-order valence-electron chi connectivity index (χ4n) is 2.60. The van der Waals surface area contributed by atoms with Gasteiger partial charge in [0.05, 0.1) is 24.8 Å². The zero-order chi connectivity index (χ0) is 13.4. The highest BCUT2D eigenvalue weighted by Crippen LogP contribution is 2.34. The van der Waals surface area contributed by atoms with Crippen LogP contribution in [0.2, 0.25) is 0 Å². The average molecular weight is 253 g/mol. The lowest BCUT2D eigenvalue weighted by atomic mass is 9.90. The standard InChI is InChI=1S/C16H12FNO/c1-10-15-9-19-8-13(15)6-12(7-18)16(10)11-2-4-14(17)5-3-11/h2-6H,8-9H2,1H3. The van der Waals surface area contributed by atoms with Crippen LogP contribution in [0.15, 0.2) is 30.3 Å². The minimum absolute atomic E-state index is 0.274. The average Bonchev–Trinajstić information content (AvgIpc) is 2.88. The maximum atomic E-state index is 13.0. The fraction of sp³-hybridized carbons (Fsp3) is 0.188. The van der Waals surface area contributed by atoms with Crippen molar-refractivity contribution in [3.63, 3.8) is 0 Å². The van der Waals surface area contributed by atoms with Gasteiger partial charge in [-0.2, -0.15) is 5.26 Å². The molecular weight excluding hydrogens is 241 g/mol. The second-order valence-corrected chi connectivity index (χ2v) is 4.67. The van der Waals surface area contributed by atoms with Crippen molar-refractivity contribution in [3.8, 4) is 17.2 Å². The summed E-state index contributed by atoms with van der Waals surface area (Å²) in [5, 5.41) is 9.33. The molecule has 94 valence electrons. The molecule has 0 fully saturated rings. The number of rotatable bonds is 1. The van der Waals surface area contributed by atoms with Crippen molar-refractivity contribution in [2.45, 2.75) is 20.1 Å². The summed E-state index contributed by atoms with van der Waals surface area (Å²) < 4.78 is 18.5. The number of nitriles is 1. The van der Waals surface area contributed by atoms with Crippen molar-refractivity contribution < 1.29 is 9.13 Å². The first kappa shape index (κ1) is 11.9. The van der Waals surface area contributed by atoms with Crippen LogP contribution in [-0.4, -0.2) is 0 Å². The van der Waals surface area contributed by atoms with E-state index in [-0.39, 0.29) is 5.82 Å². The Morgan fingerprint density at radius 1 is 1.21 bits per heavy atom. The first-order chi connectivity index (χ1) is 9.20. The van der Waals surface area contributed by atoms with E-state index in [1.165, 1.54) is 12.1 Å². The van der Waals surface area contributed by atoms with Gasteiger partial charge in [0.1, 0.15) is 5.82 Å². The first-order valence-electron chi connectivity index (χ1n) is 6.10. The second-order valence-electron chi connectivity index (χ2n) is 4.67. The maximum absolute atomic E-state index is 13.0. The molecule has 0 radical (unpaired) electrons. The van der Waals surface area contributed by atoms with E-state index in [9.17, 15) is 9.65 Å². The molecule has 0 spiro atoms. The van der Waals surface area contributed by atoms with Crippen molar-refractivity contribution in [1.82, 2.24) is 0 Å². The molecule has 2 nitrogen and oxygen atoms in total. The highest BCUT2D eigenvalue weighted by Gasteiger charge is 2.20. The molecule has 2 aromatic carbocycles. The van der Waals surface area contributed by atoms with Gasteiger partial charge in [0.15, 0.2) is 0 Å². The Balaban J connectivity index is 2.26. The van der Waals surface area contributed by atoms with E-state index in [2.05, 4.69) is 6.07 Å². The number of ether oxygens (including phenoxy) is 1. The van der Waals surface area contributed by atoms with Crippen molar-refractivity contribution in [2.24, 2.45) is 0 Å². The number of benzene rings is 2. The number of hydrogen-bond donors (Lipinski definition) is 0. The van der Waals surface area contributed by atoms with Gasteiger partial charge in [0, 0.05) is 5.56 Å². The summed E-state index contributed by atoms with van der Waals surface area (Å²) in [6.07, 6.45) is 0. The maximum Gasteiger partial charge on any atom is 0.123 e. The van der Waals surface area contributed by atoms with E-state index in [1.54, 1.807) is 12.1 Å². The third kappa shape index (κ3) is 1.91.